The second kappa shape index (κ2) is 8.29. The fraction of sp³-hybridized carbons (Fsp3) is 0.533. The largest absolute Gasteiger partial charge is 0.435 e. The molecule has 124 valence electrons. The molecule has 1 amide bonds. The maximum atomic E-state index is 12.0. The Morgan fingerprint density at radius 1 is 1.32 bits per heavy atom. The third-order valence-electron chi connectivity index (χ3n) is 3.83. The van der Waals surface area contributed by atoms with Gasteiger partial charge in [-0.25, -0.2) is 0 Å². The number of alkyl halides is 2. The minimum Gasteiger partial charge on any atom is -0.435 e. The Balaban J connectivity index is 0.00000242. The monoisotopic (exact) mass is 334 g/mol. The molecule has 1 aromatic rings. The van der Waals surface area contributed by atoms with Crippen LogP contribution in [0.5, 0.6) is 5.75 Å². The number of amides is 1. The van der Waals surface area contributed by atoms with E-state index in [1.54, 1.807) is 0 Å². The molecule has 0 saturated carbocycles. The number of benzene rings is 1. The Morgan fingerprint density at radius 3 is 2.45 bits per heavy atom. The smallest absolute Gasteiger partial charge is 0.387 e. The summed E-state index contributed by atoms with van der Waals surface area (Å²) in [4.78, 5) is 12.0. The first-order valence-corrected chi connectivity index (χ1v) is 7.02. The number of carbonyl (C=O) groups excluding carboxylic acids is 1. The van der Waals surface area contributed by atoms with Gasteiger partial charge in [-0.3, -0.25) is 4.79 Å². The van der Waals surface area contributed by atoms with E-state index < -0.39 is 6.61 Å². The summed E-state index contributed by atoms with van der Waals surface area (Å²) in [5, 5.41) is 6.21. The summed E-state index contributed by atoms with van der Waals surface area (Å²) >= 11 is 0. The van der Waals surface area contributed by atoms with Gasteiger partial charge in [-0.1, -0.05) is 6.92 Å². The van der Waals surface area contributed by atoms with Gasteiger partial charge in [0.2, 0.25) is 0 Å². The van der Waals surface area contributed by atoms with Crippen molar-refractivity contribution in [1.82, 2.24) is 10.6 Å². The molecule has 0 atom stereocenters. The molecule has 1 fully saturated rings. The molecule has 4 nitrogen and oxygen atoms in total. The van der Waals surface area contributed by atoms with E-state index >= 15 is 0 Å². The highest BCUT2D eigenvalue weighted by Gasteiger charge is 2.27. The lowest BCUT2D eigenvalue weighted by atomic mass is 9.81. The van der Waals surface area contributed by atoms with Gasteiger partial charge >= 0.3 is 6.61 Å². The molecule has 1 saturated heterocycles. The van der Waals surface area contributed by atoms with Crippen molar-refractivity contribution < 1.29 is 18.3 Å². The van der Waals surface area contributed by atoms with Gasteiger partial charge in [-0.05, 0) is 55.6 Å². The molecule has 1 aliphatic heterocycles. The fourth-order valence-corrected chi connectivity index (χ4v) is 2.39. The average Bonchev–Trinajstić information content (AvgIpc) is 2.46. The molecular formula is C15H21ClF2N2O2. The molecule has 1 aliphatic rings. The summed E-state index contributed by atoms with van der Waals surface area (Å²) in [6.07, 6.45) is 2.04. The van der Waals surface area contributed by atoms with E-state index in [2.05, 4.69) is 22.3 Å². The van der Waals surface area contributed by atoms with Crippen LogP contribution in [-0.2, 0) is 0 Å². The van der Waals surface area contributed by atoms with Crippen molar-refractivity contribution in [2.75, 3.05) is 19.6 Å². The lowest BCUT2D eigenvalue weighted by Crippen LogP contribution is -2.42. The molecule has 0 unspecified atom stereocenters. The topological polar surface area (TPSA) is 50.4 Å². The Hall–Kier alpha value is -1.40. The number of halogens is 3. The normalized spacial score (nSPS) is 16.7. The fourth-order valence-electron chi connectivity index (χ4n) is 2.39. The number of hydrogen-bond acceptors (Lipinski definition) is 3. The van der Waals surface area contributed by atoms with Crippen molar-refractivity contribution in [3.63, 3.8) is 0 Å². The van der Waals surface area contributed by atoms with Gasteiger partial charge in [-0.2, -0.15) is 8.78 Å². The molecule has 0 aromatic heterocycles. The van der Waals surface area contributed by atoms with E-state index in [0.717, 1.165) is 25.9 Å². The van der Waals surface area contributed by atoms with Crippen molar-refractivity contribution in [3.8, 4) is 5.75 Å². The molecule has 1 aromatic carbocycles. The molecule has 0 spiro atoms. The number of hydrogen-bond donors (Lipinski definition) is 2. The van der Waals surface area contributed by atoms with Crippen LogP contribution >= 0.6 is 12.4 Å². The van der Waals surface area contributed by atoms with Crippen LogP contribution in [0.15, 0.2) is 24.3 Å². The van der Waals surface area contributed by atoms with E-state index in [9.17, 15) is 13.6 Å². The van der Waals surface area contributed by atoms with Crippen LogP contribution in [0.25, 0.3) is 0 Å². The van der Waals surface area contributed by atoms with E-state index in [1.165, 1.54) is 24.3 Å². The maximum Gasteiger partial charge on any atom is 0.387 e. The number of nitrogens with one attached hydrogen (secondary N) is 2. The summed E-state index contributed by atoms with van der Waals surface area (Å²) in [6, 6.07) is 5.70. The lowest BCUT2D eigenvalue weighted by molar-refractivity contribution is -0.0498. The quantitative estimate of drug-likeness (QED) is 0.870. The van der Waals surface area contributed by atoms with Gasteiger partial charge in [0.25, 0.3) is 5.91 Å². The predicted molar refractivity (Wildman–Crippen MR) is 82.9 cm³/mol. The summed E-state index contributed by atoms with van der Waals surface area (Å²) in [6.45, 7) is 1.85. The molecule has 1 heterocycles. The molecule has 22 heavy (non-hydrogen) atoms. The van der Waals surface area contributed by atoms with Gasteiger partial charge in [0.05, 0.1) is 0 Å². The molecular weight excluding hydrogens is 314 g/mol. The van der Waals surface area contributed by atoms with E-state index in [-0.39, 0.29) is 29.5 Å². The van der Waals surface area contributed by atoms with Crippen molar-refractivity contribution in [3.05, 3.63) is 29.8 Å². The van der Waals surface area contributed by atoms with Gasteiger partial charge in [-0.15, -0.1) is 12.4 Å². The summed E-state index contributed by atoms with van der Waals surface area (Å²) in [7, 11) is 0. The van der Waals surface area contributed by atoms with Crippen LogP contribution in [0.4, 0.5) is 8.78 Å². The average molecular weight is 335 g/mol. The number of rotatable bonds is 5. The Kier molecular flexibility index (Phi) is 7.03. The first-order chi connectivity index (χ1) is 9.98. The highest BCUT2D eigenvalue weighted by molar-refractivity contribution is 5.94. The number of ether oxygens (including phenoxy) is 1. The van der Waals surface area contributed by atoms with Crippen LogP contribution in [0.2, 0.25) is 0 Å². The zero-order chi connectivity index (χ0) is 15.3. The minimum atomic E-state index is -2.86. The van der Waals surface area contributed by atoms with Crippen LogP contribution in [-0.4, -0.2) is 32.2 Å². The first kappa shape index (κ1) is 18.6. The summed E-state index contributed by atoms with van der Waals surface area (Å²) in [5.74, 6) is -0.148. The SMILES string of the molecule is CC1(CNC(=O)c2ccc(OC(F)F)cc2)CCNCC1.Cl. The second-order valence-electron chi connectivity index (χ2n) is 5.65. The molecule has 0 bridgehead atoms. The summed E-state index contributed by atoms with van der Waals surface area (Å²) < 4.78 is 28.3. The maximum absolute atomic E-state index is 12.0. The number of piperidine rings is 1. The Morgan fingerprint density at radius 2 is 1.91 bits per heavy atom. The van der Waals surface area contributed by atoms with Crippen molar-refractivity contribution in [2.24, 2.45) is 5.41 Å². The summed E-state index contributed by atoms with van der Waals surface area (Å²) in [5.41, 5.74) is 0.550. The van der Waals surface area contributed by atoms with Crippen LogP contribution in [0, 0.1) is 5.41 Å². The van der Waals surface area contributed by atoms with Gasteiger partial charge < -0.3 is 15.4 Å². The highest BCUT2D eigenvalue weighted by atomic mass is 35.5. The third-order valence-corrected chi connectivity index (χ3v) is 3.83. The zero-order valence-corrected chi connectivity index (χ0v) is 13.2. The minimum absolute atomic E-state index is 0. The lowest BCUT2D eigenvalue weighted by Gasteiger charge is -2.34. The Bertz CT molecular complexity index is 477. The highest BCUT2D eigenvalue weighted by Crippen LogP contribution is 2.26. The van der Waals surface area contributed by atoms with E-state index in [4.69, 9.17) is 0 Å². The van der Waals surface area contributed by atoms with Crippen LogP contribution in [0.1, 0.15) is 30.1 Å². The van der Waals surface area contributed by atoms with Gasteiger partial charge in [0.1, 0.15) is 5.75 Å². The Labute approximate surface area is 135 Å². The van der Waals surface area contributed by atoms with Crippen molar-refractivity contribution in [1.29, 1.82) is 0 Å². The van der Waals surface area contributed by atoms with Crippen LogP contribution in [0.3, 0.4) is 0 Å². The standard InChI is InChI=1S/C15H20F2N2O2.ClH/c1-15(6-8-18-9-7-15)10-19-13(20)11-2-4-12(5-3-11)21-14(16)17;/h2-5,14,18H,6-10H2,1H3,(H,19,20);1H. The number of carbonyl (C=O) groups is 1. The molecule has 2 N–H and O–H groups in total. The zero-order valence-electron chi connectivity index (χ0n) is 12.4. The van der Waals surface area contributed by atoms with E-state index in [0.29, 0.717) is 12.1 Å². The van der Waals surface area contributed by atoms with E-state index in [1.807, 2.05) is 0 Å². The van der Waals surface area contributed by atoms with Gasteiger partial charge in [0, 0.05) is 12.1 Å². The molecule has 0 aliphatic carbocycles. The predicted octanol–water partition coefficient (Wildman–Crippen LogP) is 2.83. The third kappa shape index (κ3) is 5.42. The molecule has 7 heteroatoms. The molecule has 0 radical (unpaired) electrons. The van der Waals surface area contributed by atoms with Gasteiger partial charge in [0.15, 0.2) is 0 Å². The molecule has 2 rings (SSSR count). The van der Waals surface area contributed by atoms with Crippen molar-refractivity contribution >= 4 is 18.3 Å². The van der Waals surface area contributed by atoms with Crippen molar-refractivity contribution in [2.45, 2.75) is 26.4 Å². The second-order valence-corrected chi connectivity index (χ2v) is 5.65. The first-order valence-electron chi connectivity index (χ1n) is 7.02. The van der Waals surface area contributed by atoms with Crippen LogP contribution < -0.4 is 15.4 Å².